The number of halogens is 1. The molecule has 6 heteroatoms. The van der Waals surface area contributed by atoms with Gasteiger partial charge >= 0.3 is 0 Å². The number of carbonyl (C=O) groups excluding carboxylic acids is 1. The van der Waals surface area contributed by atoms with Crippen molar-refractivity contribution < 1.29 is 13.4 Å². The van der Waals surface area contributed by atoms with Crippen LogP contribution in [0.25, 0.3) is 10.4 Å². The Morgan fingerprint density at radius 2 is 1.88 bits per heavy atom. The molecular formula is C20H18FNO2S2. The summed E-state index contributed by atoms with van der Waals surface area (Å²) in [4.78, 5) is 13.8. The van der Waals surface area contributed by atoms with Gasteiger partial charge in [0.2, 0.25) is 0 Å². The van der Waals surface area contributed by atoms with Crippen LogP contribution in [-0.4, -0.2) is 16.4 Å². The lowest BCUT2D eigenvalue weighted by atomic mass is 10.1. The molecule has 2 aromatic carbocycles. The highest BCUT2D eigenvalue weighted by Gasteiger charge is 2.14. The van der Waals surface area contributed by atoms with Crippen LogP contribution in [0, 0.1) is 12.7 Å². The fraction of sp³-hybridized carbons (Fsp3) is 0.150. The molecule has 0 spiro atoms. The second-order valence-electron chi connectivity index (χ2n) is 5.91. The van der Waals surface area contributed by atoms with E-state index < -0.39 is 10.8 Å². The molecular weight excluding hydrogens is 369 g/mol. The average molecular weight is 388 g/mol. The lowest BCUT2D eigenvalue weighted by Gasteiger charge is -2.11. The predicted octanol–water partition coefficient (Wildman–Crippen LogP) is 4.99. The van der Waals surface area contributed by atoms with Crippen molar-refractivity contribution in [2.24, 2.45) is 0 Å². The van der Waals surface area contributed by atoms with Gasteiger partial charge in [-0.1, -0.05) is 30.3 Å². The molecule has 134 valence electrons. The van der Waals surface area contributed by atoms with Crippen molar-refractivity contribution >= 4 is 33.7 Å². The average Bonchev–Trinajstić information content (AvgIpc) is 3.08. The Morgan fingerprint density at radius 1 is 1.12 bits per heavy atom. The first-order valence-electron chi connectivity index (χ1n) is 8.00. The maximum Gasteiger partial charge on any atom is 0.265 e. The van der Waals surface area contributed by atoms with Gasteiger partial charge in [-0.2, -0.15) is 0 Å². The van der Waals surface area contributed by atoms with Gasteiger partial charge in [0, 0.05) is 38.9 Å². The molecule has 1 heterocycles. The quantitative estimate of drug-likeness (QED) is 0.670. The third-order valence-corrected chi connectivity index (χ3v) is 5.86. The summed E-state index contributed by atoms with van der Waals surface area (Å²) in [6, 6.07) is 15.5. The topological polar surface area (TPSA) is 46.2 Å². The van der Waals surface area contributed by atoms with Crippen molar-refractivity contribution in [1.82, 2.24) is 0 Å². The molecule has 3 aromatic rings. The minimum Gasteiger partial charge on any atom is -0.321 e. The zero-order chi connectivity index (χ0) is 18.7. The second kappa shape index (κ2) is 7.93. The molecule has 0 saturated carbocycles. The number of nitrogens with one attached hydrogen (secondary N) is 1. The standard InChI is InChI=1S/C20H18FNO2S2/c1-13-14(12-26(2)24)6-5-9-17(13)22-20(23)19-11-10-18(25-19)15-7-3-4-8-16(15)21/h3-11H,12H2,1-2H3,(H,22,23). The Morgan fingerprint density at radius 3 is 2.62 bits per heavy atom. The first kappa shape index (κ1) is 18.5. The first-order chi connectivity index (χ1) is 12.5. The molecule has 1 amide bonds. The van der Waals surface area contributed by atoms with Crippen molar-refractivity contribution in [3.05, 3.63) is 76.4 Å². The Hall–Kier alpha value is -2.31. The van der Waals surface area contributed by atoms with Crippen molar-refractivity contribution in [1.29, 1.82) is 0 Å². The summed E-state index contributed by atoms with van der Waals surface area (Å²) in [6.45, 7) is 1.90. The molecule has 0 aliphatic carbocycles. The largest absolute Gasteiger partial charge is 0.321 e. The van der Waals surface area contributed by atoms with E-state index in [2.05, 4.69) is 5.32 Å². The summed E-state index contributed by atoms with van der Waals surface area (Å²) >= 11 is 1.25. The van der Waals surface area contributed by atoms with Crippen molar-refractivity contribution in [3.8, 4) is 10.4 Å². The van der Waals surface area contributed by atoms with Crippen LogP contribution in [0.15, 0.2) is 54.6 Å². The Labute approximate surface area is 158 Å². The highest BCUT2D eigenvalue weighted by atomic mass is 32.2. The smallest absolute Gasteiger partial charge is 0.265 e. The van der Waals surface area contributed by atoms with Gasteiger partial charge in [0.25, 0.3) is 5.91 Å². The molecule has 0 bridgehead atoms. The molecule has 0 aliphatic heterocycles. The van der Waals surface area contributed by atoms with Crippen LogP contribution in [0.4, 0.5) is 10.1 Å². The molecule has 3 nitrogen and oxygen atoms in total. The SMILES string of the molecule is Cc1c(CS(C)=O)cccc1NC(=O)c1ccc(-c2ccccc2F)s1. The monoisotopic (exact) mass is 387 g/mol. The fourth-order valence-corrected chi connectivity index (χ4v) is 4.32. The number of carbonyl (C=O) groups is 1. The minimum atomic E-state index is -0.950. The fourth-order valence-electron chi connectivity index (χ4n) is 2.64. The van der Waals surface area contributed by atoms with Gasteiger partial charge in [0.1, 0.15) is 5.82 Å². The van der Waals surface area contributed by atoms with Gasteiger partial charge in [0.05, 0.1) is 4.88 Å². The maximum atomic E-state index is 13.9. The molecule has 1 aromatic heterocycles. The molecule has 0 radical (unpaired) electrons. The lowest BCUT2D eigenvalue weighted by molar-refractivity contribution is 0.103. The zero-order valence-corrected chi connectivity index (χ0v) is 16.0. The van der Waals surface area contributed by atoms with Gasteiger partial charge in [-0.05, 0) is 42.3 Å². The van der Waals surface area contributed by atoms with E-state index in [9.17, 15) is 13.4 Å². The van der Waals surface area contributed by atoms with Crippen LogP contribution in [0.1, 0.15) is 20.8 Å². The Balaban J connectivity index is 1.82. The summed E-state index contributed by atoms with van der Waals surface area (Å²) in [5.74, 6) is -0.0979. The van der Waals surface area contributed by atoms with E-state index in [1.807, 2.05) is 25.1 Å². The second-order valence-corrected chi connectivity index (χ2v) is 8.42. The van der Waals surface area contributed by atoms with Crippen LogP contribution in [0.5, 0.6) is 0 Å². The molecule has 1 atom stereocenters. The lowest BCUT2D eigenvalue weighted by Crippen LogP contribution is -2.12. The summed E-state index contributed by atoms with van der Waals surface area (Å²) in [6.07, 6.45) is 1.65. The van der Waals surface area contributed by atoms with Crippen molar-refractivity contribution in [2.75, 3.05) is 11.6 Å². The van der Waals surface area contributed by atoms with Crippen LogP contribution >= 0.6 is 11.3 Å². The summed E-state index contributed by atoms with van der Waals surface area (Å²) in [7, 11) is -0.950. The highest BCUT2D eigenvalue weighted by molar-refractivity contribution is 7.83. The summed E-state index contributed by atoms with van der Waals surface area (Å²) in [5, 5.41) is 2.90. The van der Waals surface area contributed by atoms with Gasteiger partial charge < -0.3 is 5.32 Å². The molecule has 0 fully saturated rings. The molecule has 0 saturated heterocycles. The van der Waals surface area contributed by atoms with Crippen LogP contribution < -0.4 is 5.32 Å². The minimum absolute atomic E-state index is 0.240. The molecule has 1 N–H and O–H groups in total. The van der Waals surface area contributed by atoms with Crippen LogP contribution in [0.3, 0.4) is 0 Å². The third kappa shape index (κ3) is 4.08. The van der Waals surface area contributed by atoms with E-state index in [1.165, 1.54) is 17.4 Å². The highest BCUT2D eigenvalue weighted by Crippen LogP contribution is 2.30. The summed E-state index contributed by atoms with van der Waals surface area (Å²) in [5.41, 5.74) is 3.03. The third-order valence-electron chi connectivity index (χ3n) is 4.02. The number of amides is 1. The van der Waals surface area contributed by atoms with E-state index in [0.29, 0.717) is 26.8 Å². The number of benzene rings is 2. The maximum absolute atomic E-state index is 13.9. The Bertz CT molecular complexity index is 981. The number of thiophene rings is 1. The number of hydrogen-bond donors (Lipinski definition) is 1. The normalized spacial score (nSPS) is 12.0. The van der Waals surface area contributed by atoms with Gasteiger partial charge in [-0.25, -0.2) is 4.39 Å². The zero-order valence-electron chi connectivity index (χ0n) is 14.4. The van der Waals surface area contributed by atoms with Crippen molar-refractivity contribution in [2.45, 2.75) is 12.7 Å². The predicted molar refractivity (Wildman–Crippen MR) is 107 cm³/mol. The number of anilines is 1. The van der Waals surface area contributed by atoms with Gasteiger partial charge in [0.15, 0.2) is 0 Å². The van der Waals surface area contributed by atoms with E-state index in [1.54, 1.807) is 36.6 Å². The van der Waals surface area contributed by atoms with Crippen LogP contribution in [-0.2, 0) is 16.6 Å². The molecule has 26 heavy (non-hydrogen) atoms. The van der Waals surface area contributed by atoms with E-state index in [-0.39, 0.29) is 11.7 Å². The van der Waals surface area contributed by atoms with Crippen LogP contribution in [0.2, 0.25) is 0 Å². The number of hydrogen-bond acceptors (Lipinski definition) is 3. The van der Waals surface area contributed by atoms with E-state index in [4.69, 9.17) is 0 Å². The van der Waals surface area contributed by atoms with Crippen molar-refractivity contribution in [3.63, 3.8) is 0 Å². The number of rotatable bonds is 5. The summed E-state index contributed by atoms with van der Waals surface area (Å²) < 4.78 is 25.4. The van der Waals surface area contributed by atoms with E-state index in [0.717, 1.165) is 11.1 Å². The molecule has 0 aliphatic rings. The van der Waals surface area contributed by atoms with Gasteiger partial charge in [-0.3, -0.25) is 9.00 Å². The first-order valence-corrected chi connectivity index (χ1v) is 10.5. The Kier molecular flexibility index (Phi) is 5.64. The molecule has 3 rings (SSSR count). The molecule has 1 unspecified atom stereocenters. The van der Waals surface area contributed by atoms with Gasteiger partial charge in [-0.15, -0.1) is 11.3 Å². The van der Waals surface area contributed by atoms with E-state index >= 15 is 0 Å².